The summed E-state index contributed by atoms with van der Waals surface area (Å²) in [6, 6.07) is 11.3. The lowest BCUT2D eigenvalue weighted by molar-refractivity contribution is 0.0634. The van der Waals surface area contributed by atoms with Crippen molar-refractivity contribution in [2.24, 2.45) is 0 Å². The van der Waals surface area contributed by atoms with Crippen molar-refractivity contribution in [1.82, 2.24) is 4.90 Å². The monoisotopic (exact) mass is 453 g/mol. The maximum absolute atomic E-state index is 12.9. The van der Waals surface area contributed by atoms with Gasteiger partial charge in [-0.1, -0.05) is 23.2 Å². The number of hydrogen-bond acceptors (Lipinski definition) is 5. The van der Waals surface area contributed by atoms with Gasteiger partial charge in [0, 0.05) is 16.6 Å². The standard InChI is InChI=1S/C20H17Cl2NO5S/c21-13-3-5-17(22)16(10-13)18-6-4-15(28-18)11-23(14-7-9-29(25,26)12-14)20(24)19-2-1-8-27-19/h1-6,8,10,14H,7,9,11-12H2/t14-/m1/s1. The lowest BCUT2D eigenvalue weighted by Gasteiger charge is -2.26. The predicted molar refractivity (Wildman–Crippen MR) is 110 cm³/mol. The predicted octanol–water partition coefficient (Wildman–Crippen LogP) is 4.68. The van der Waals surface area contributed by atoms with Crippen LogP contribution in [0.2, 0.25) is 10.0 Å². The van der Waals surface area contributed by atoms with Crippen molar-refractivity contribution < 1.29 is 22.0 Å². The normalized spacial score (nSPS) is 18.1. The summed E-state index contributed by atoms with van der Waals surface area (Å²) in [5, 5.41) is 1.01. The van der Waals surface area contributed by atoms with Gasteiger partial charge >= 0.3 is 0 Å². The molecule has 1 amide bonds. The number of sulfone groups is 1. The molecule has 0 saturated carbocycles. The summed E-state index contributed by atoms with van der Waals surface area (Å²) in [6.45, 7) is 0.109. The van der Waals surface area contributed by atoms with E-state index in [0.717, 1.165) is 0 Å². The Labute approximate surface area is 177 Å². The van der Waals surface area contributed by atoms with Gasteiger partial charge in [0.25, 0.3) is 5.91 Å². The summed E-state index contributed by atoms with van der Waals surface area (Å²) in [5.41, 5.74) is 0.637. The fourth-order valence-electron chi connectivity index (χ4n) is 3.39. The fourth-order valence-corrected chi connectivity index (χ4v) is 5.51. The van der Waals surface area contributed by atoms with Gasteiger partial charge in [-0.2, -0.15) is 0 Å². The largest absolute Gasteiger partial charge is 0.459 e. The molecule has 1 aliphatic rings. The first-order valence-corrected chi connectivity index (χ1v) is 11.5. The molecule has 1 aliphatic heterocycles. The molecule has 0 unspecified atom stereocenters. The van der Waals surface area contributed by atoms with E-state index in [1.54, 1.807) is 42.5 Å². The molecule has 0 N–H and O–H groups in total. The van der Waals surface area contributed by atoms with Crippen molar-refractivity contribution in [3.8, 4) is 11.3 Å². The molecule has 2 aromatic heterocycles. The first-order valence-electron chi connectivity index (χ1n) is 8.91. The molecular formula is C20H17Cl2NO5S. The molecule has 29 heavy (non-hydrogen) atoms. The Balaban J connectivity index is 1.62. The minimum absolute atomic E-state index is 0.0567. The van der Waals surface area contributed by atoms with Crippen molar-refractivity contribution >= 4 is 38.9 Å². The van der Waals surface area contributed by atoms with Crippen molar-refractivity contribution in [3.63, 3.8) is 0 Å². The van der Waals surface area contributed by atoms with Crippen molar-refractivity contribution in [3.05, 3.63) is 70.3 Å². The second-order valence-corrected chi connectivity index (χ2v) is 9.93. The van der Waals surface area contributed by atoms with Gasteiger partial charge in [0.2, 0.25) is 0 Å². The van der Waals surface area contributed by atoms with Crippen LogP contribution in [0.15, 0.2) is 57.6 Å². The zero-order valence-corrected chi connectivity index (χ0v) is 17.5. The highest BCUT2D eigenvalue weighted by Gasteiger charge is 2.36. The molecule has 4 rings (SSSR count). The molecule has 0 spiro atoms. The smallest absolute Gasteiger partial charge is 0.290 e. The molecule has 3 heterocycles. The molecule has 3 aromatic rings. The van der Waals surface area contributed by atoms with Gasteiger partial charge in [0.1, 0.15) is 11.5 Å². The van der Waals surface area contributed by atoms with E-state index in [1.165, 1.54) is 11.2 Å². The van der Waals surface area contributed by atoms with Gasteiger partial charge in [0.15, 0.2) is 15.6 Å². The Morgan fingerprint density at radius 2 is 2.00 bits per heavy atom. The van der Waals surface area contributed by atoms with Crippen molar-refractivity contribution in [1.29, 1.82) is 0 Å². The van der Waals surface area contributed by atoms with E-state index < -0.39 is 15.9 Å². The topological polar surface area (TPSA) is 80.7 Å². The average molecular weight is 454 g/mol. The molecule has 0 aliphatic carbocycles. The van der Waals surface area contributed by atoms with Crippen LogP contribution in [0.5, 0.6) is 0 Å². The maximum Gasteiger partial charge on any atom is 0.290 e. The highest BCUT2D eigenvalue weighted by molar-refractivity contribution is 7.91. The van der Waals surface area contributed by atoms with Crippen molar-refractivity contribution in [2.75, 3.05) is 11.5 Å². The van der Waals surface area contributed by atoms with Crippen LogP contribution < -0.4 is 0 Å². The molecular weight excluding hydrogens is 437 g/mol. The Morgan fingerprint density at radius 1 is 1.17 bits per heavy atom. The number of furan rings is 2. The summed E-state index contributed by atoms with van der Waals surface area (Å²) in [4.78, 5) is 14.4. The quantitative estimate of drug-likeness (QED) is 0.560. The number of hydrogen-bond donors (Lipinski definition) is 0. The Bertz CT molecular complexity index is 1140. The van der Waals surface area contributed by atoms with Crippen LogP contribution in [0.3, 0.4) is 0 Å². The second kappa shape index (κ2) is 7.89. The van der Waals surface area contributed by atoms with E-state index in [-0.39, 0.29) is 29.7 Å². The molecule has 1 fully saturated rings. The van der Waals surface area contributed by atoms with E-state index in [0.29, 0.717) is 33.6 Å². The molecule has 9 heteroatoms. The number of carbonyl (C=O) groups excluding carboxylic acids is 1. The molecule has 1 aromatic carbocycles. The number of benzene rings is 1. The van der Waals surface area contributed by atoms with Crippen LogP contribution in [0.4, 0.5) is 0 Å². The first-order chi connectivity index (χ1) is 13.8. The van der Waals surface area contributed by atoms with Crippen LogP contribution in [0.25, 0.3) is 11.3 Å². The van der Waals surface area contributed by atoms with E-state index in [1.807, 2.05) is 0 Å². The average Bonchev–Trinajstić information content (AvgIpc) is 3.42. The zero-order chi connectivity index (χ0) is 20.6. The SMILES string of the molecule is O=C(c1ccco1)N(Cc1ccc(-c2cc(Cl)ccc2Cl)o1)[C@@H]1CCS(=O)(=O)C1. The Morgan fingerprint density at radius 3 is 2.69 bits per heavy atom. The zero-order valence-electron chi connectivity index (χ0n) is 15.2. The van der Waals surface area contributed by atoms with Gasteiger partial charge < -0.3 is 13.7 Å². The van der Waals surface area contributed by atoms with Crippen LogP contribution in [0.1, 0.15) is 22.7 Å². The Hall–Kier alpha value is -2.22. The fraction of sp³-hybridized carbons (Fsp3) is 0.250. The van der Waals surface area contributed by atoms with Crippen LogP contribution >= 0.6 is 23.2 Å². The number of nitrogens with zero attached hydrogens (tertiary/aromatic N) is 1. The van der Waals surface area contributed by atoms with Gasteiger partial charge in [0.05, 0.1) is 29.3 Å². The lowest BCUT2D eigenvalue weighted by Crippen LogP contribution is -2.40. The van der Waals surface area contributed by atoms with E-state index in [9.17, 15) is 13.2 Å². The molecule has 6 nitrogen and oxygen atoms in total. The van der Waals surface area contributed by atoms with Gasteiger partial charge in [-0.25, -0.2) is 8.42 Å². The number of carbonyl (C=O) groups is 1. The summed E-state index contributed by atoms with van der Waals surface area (Å²) < 4.78 is 35.0. The summed E-state index contributed by atoms with van der Waals surface area (Å²) in [5.74, 6) is 0.765. The number of amides is 1. The van der Waals surface area contributed by atoms with Crippen molar-refractivity contribution in [2.45, 2.75) is 19.0 Å². The van der Waals surface area contributed by atoms with Crippen LogP contribution in [-0.4, -0.2) is 36.8 Å². The highest BCUT2D eigenvalue weighted by Crippen LogP contribution is 2.32. The Kier molecular flexibility index (Phi) is 5.46. The highest BCUT2D eigenvalue weighted by atomic mass is 35.5. The number of halogens is 2. The number of rotatable bonds is 5. The molecule has 152 valence electrons. The molecule has 0 bridgehead atoms. The van der Waals surface area contributed by atoms with Crippen LogP contribution in [-0.2, 0) is 16.4 Å². The van der Waals surface area contributed by atoms with E-state index >= 15 is 0 Å². The lowest BCUT2D eigenvalue weighted by atomic mass is 10.2. The van der Waals surface area contributed by atoms with E-state index in [4.69, 9.17) is 32.0 Å². The summed E-state index contributed by atoms with van der Waals surface area (Å²) in [7, 11) is -3.17. The van der Waals surface area contributed by atoms with E-state index in [2.05, 4.69) is 0 Å². The second-order valence-electron chi connectivity index (χ2n) is 6.86. The minimum atomic E-state index is -3.17. The minimum Gasteiger partial charge on any atom is -0.459 e. The van der Waals surface area contributed by atoms with Crippen LogP contribution in [0, 0.1) is 0 Å². The summed E-state index contributed by atoms with van der Waals surface area (Å²) in [6.07, 6.45) is 1.78. The van der Waals surface area contributed by atoms with Gasteiger partial charge in [-0.3, -0.25) is 4.79 Å². The third-order valence-electron chi connectivity index (χ3n) is 4.82. The third-order valence-corrected chi connectivity index (χ3v) is 7.14. The first kappa shape index (κ1) is 20.1. The van der Waals surface area contributed by atoms with Gasteiger partial charge in [-0.15, -0.1) is 0 Å². The molecule has 0 radical (unpaired) electrons. The van der Waals surface area contributed by atoms with Gasteiger partial charge in [-0.05, 0) is 48.9 Å². The maximum atomic E-state index is 12.9. The third kappa shape index (κ3) is 4.37. The molecule has 1 saturated heterocycles. The molecule has 1 atom stereocenters. The summed E-state index contributed by atoms with van der Waals surface area (Å²) >= 11 is 12.3.